The van der Waals surface area contributed by atoms with E-state index in [1.807, 2.05) is 19.9 Å². The monoisotopic (exact) mass is 292 g/mol. The van der Waals surface area contributed by atoms with Crippen molar-refractivity contribution in [2.75, 3.05) is 11.9 Å². The van der Waals surface area contributed by atoms with Crippen LogP contribution in [0.15, 0.2) is 6.07 Å². The summed E-state index contributed by atoms with van der Waals surface area (Å²) >= 11 is 5.07. The molecule has 1 fully saturated rings. The zero-order valence-corrected chi connectivity index (χ0v) is 12.6. The van der Waals surface area contributed by atoms with Gasteiger partial charge in [-0.25, -0.2) is 4.98 Å². The van der Waals surface area contributed by atoms with Gasteiger partial charge in [0.25, 0.3) is 0 Å². The molecular formula is C14H20N4OS. The van der Waals surface area contributed by atoms with Gasteiger partial charge in [-0.1, -0.05) is 12.2 Å². The van der Waals surface area contributed by atoms with E-state index in [1.54, 1.807) is 0 Å². The summed E-state index contributed by atoms with van der Waals surface area (Å²) in [7, 11) is 0. The number of aryl methyl sites for hydroxylation is 2. The lowest BCUT2D eigenvalue weighted by Gasteiger charge is -2.13. The minimum absolute atomic E-state index is 0.0706. The molecule has 1 aromatic rings. The third-order valence-electron chi connectivity index (χ3n) is 3.18. The van der Waals surface area contributed by atoms with Crippen molar-refractivity contribution in [3.05, 3.63) is 22.9 Å². The number of amides is 1. The summed E-state index contributed by atoms with van der Waals surface area (Å²) in [5.74, 6) is 0.732. The smallest absolute Gasteiger partial charge is 0.221 e. The first kappa shape index (κ1) is 14.7. The second kappa shape index (κ2) is 6.17. The number of nitrogens with one attached hydrogen (secondary N) is 2. The van der Waals surface area contributed by atoms with E-state index in [9.17, 15) is 4.79 Å². The van der Waals surface area contributed by atoms with Crippen LogP contribution in [-0.2, 0) is 4.79 Å². The van der Waals surface area contributed by atoms with Crippen LogP contribution < -0.4 is 16.4 Å². The molecule has 0 atom stereocenters. The number of aromatic nitrogens is 1. The first-order chi connectivity index (χ1) is 9.47. The van der Waals surface area contributed by atoms with Gasteiger partial charge in [-0.15, -0.1) is 0 Å². The number of carbonyl (C=O) groups excluding carboxylic acids is 1. The van der Waals surface area contributed by atoms with Crippen molar-refractivity contribution in [1.29, 1.82) is 0 Å². The van der Waals surface area contributed by atoms with E-state index >= 15 is 0 Å². The number of rotatable bonds is 6. The van der Waals surface area contributed by atoms with E-state index in [0.717, 1.165) is 29.7 Å². The van der Waals surface area contributed by atoms with Gasteiger partial charge in [0.1, 0.15) is 10.8 Å². The summed E-state index contributed by atoms with van der Waals surface area (Å²) in [5, 5.41) is 6.11. The van der Waals surface area contributed by atoms with Gasteiger partial charge in [-0.05, 0) is 38.3 Å². The molecule has 1 aromatic heterocycles. The van der Waals surface area contributed by atoms with Crippen molar-refractivity contribution in [3.8, 4) is 0 Å². The van der Waals surface area contributed by atoms with Crippen LogP contribution in [0.1, 0.15) is 36.1 Å². The molecule has 4 N–H and O–H groups in total. The van der Waals surface area contributed by atoms with Crippen molar-refractivity contribution in [1.82, 2.24) is 10.3 Å². The molecule has 0 saturated heterocycles. The number of pyridine rings is 1. The molecule has 0 aliphatic heterocycles. The second-order valence-corrected chi connectivity index (χ2v) is 5.63. The summed E-state index contributed by atoms with van der Waals surface area (Å²) in [5.41, 5.74) is 8.39. The second-order valence-electron chi connectivity index (χ2n) is 5.19. The van der Waals surface area contributed by atoms with E-state index < -0.39 is 0 Å². The Labute approximate surface area is 124 Å². The minimum Gasteiger partial charge on any atom is -0.389 e. The van der Waals surface area contributed by atoms with Gasteiger partial charge >= 0.3 is 0 Å². The van der Waals surface area contributed by atoms with Crippen LogP contribution in [0.2, 0.25) is 0 Å². The summed E-state index contributed by atoms with van der Waals surface area (Å²) in [6.45, 7) is 4.39. The van der Waals surface area contributed by atoms with Gasteiger partial charge in [0, 0.05) is 24.7 Å². The van der Waals surface area contributed by atoms with Crippen molar-refractivity contribution in [3.63, 3.8) is 0 Å². The number of thiocarbonyl (C=S) groups is 1. The molecule has 1 aliphatic rings. The van der Waals surface area contributed by atoms with E-state index in [4.69, 9.17) is 18.0 Å². The van der Waals surface area contributed by atoms with Crippen LogP contribution in [0, 0.1) is 13.8 Å². The van der Waals surface area contributed by atoms with Crippen LogP contribution in [-0.4, -0.2) is 28.5 Å². The molecule has 1 heterocycles. The highest BCUT2D eigenvalue weighted by molar-refractivity contribution is 7.80. The molecule has 20 heavy (non-hydrogen) atoms. The molecule has 1 amide bonds. The highest BCUT2D eigenvalue weighted by Crippen LogP contribution is 2.19. The quantitative estimate of drug-likeness (QED) is 0.691. The summed E-state index contributed by atoms with van der Waals surface area (Å²) in [6.07, 6.45) is 2.62. The fourth-order valence-electron chi connectivity index (χ4n) is 2.10. The summed E-state index contributed by atoms with van der Waals surface area (Å²) < 4.78 is 0. The van der Waals surface area contributed by atoms with Gasteiger partial charge in [0.05, 0.1) is 5.56 Å². The Morgan fingerprint density at radius 1 is 1.50 bits per heavy atom. The summed E-state index contributed by atoms with van der Waals surface area (Å²) in [6, 6.07) is 2.34. The highest BCUT2D eigenvalue weighted by Gasteiger charge is 2.22. The third-order valence-corrected chi connectivity index (χ3v) is 3.38. The van der Waals surface area contributed by atoms with Crippen molar-refractivity contribution >= 4 is 28.9 Å². The van der Waals surface area contributed by atoms with Gasteiger partial charge in [0.2, 0.25) is 5.91 Å². The molecule has 0 radical (unpaired) electrons. The Bertz CT molecular complexity index is 540. The maximum absolute atomic E-state index is 11.6. The van der Waals surface area contributed by atoms with Crippen molar-refractivity contribution < 1.29 is 4.79 Å². The molecule has 1 aliphatic carbocycles. The topological polar surface area (TPSA) is 80.0 Å². The van der Waals surface area contributed by atoms with E-state index in [1.165, 1.54) is 0 Å². The Hall–Kier alpha value is -1.69. The fraction of sp³-hybridized carbons (Fsp3) is 0.500. The molecule has 0 bridgehead atoms. The molecule has 0 spiro atoms. The average molecular weight is 292 g/mol. The zero-order chi connectivity index (χ0) is 14.7. The first-order valence-corrected chi connectivity index (χ1v) is 7.19. The molecule has 0 aromatic carbocycles. The van der Waals surface area contributed by atoms with Crippen LogP contribution >= 0.6 is 12.2 Å². The van der Waals surface area contributed by atoms with E-state index in [-0.39, 0.29) is 5.91 Å². The molecular weight excluding hydrogens is 272 g/mol. The van der Waals surface area contributed by atoms with E-state index in [2.05, 4.69) is 15.6 Å². The van der Waals surface area contributed by atoms with Crippen LogP contribution in [0.4, 0.5) is 5.82 Å². The molecule has 6 heteroatoms. The largest absolute Gasteiger partial charge is 0.389 e. The highest BCUT2D eigenvalue weighted by atomic mass is 32.1. The fourth-order valence-corrected chi connectivity index (χ4v) is 2.36. The molecule has 5 nitrogen and oxygen atoms in total. The standard InChI is InChI=1S/C14H20N4OS/c1-8-7-9(2)17-14(12(8)13(15)20)16-6-5-11(19)18-10-3-4-10/h7,10H,3-6H2,1-2H3,(H2,15,20)(H,16,17)(H,18,19). The third kappa shape index (κ3) is 3.90. The Balaban J connectivity index is 1.97. The van der Waals surface area contributed by atoms with Gasteiger partial charge < -0.3 is 16.4 Å². The lowest BCUT2D eigenvalue weighted by Crippen LogP contribution is -2.27. The Morgan fingerprint density at radius 3 is 2.80 bits per heavy atom. The Kier molecular flexibility index (Phi) is 4.54. The van der Waals surface area contributed by atoms with Crippen molar-refractivity contribution in [2.24, 2.45) is 5.73 Å². The summed E-state index contributed by atoms with van der Waals surface area (Å²) in [4.78, 5) is 16.3. The molecule has 1 saturated carbocycles. The van der Waals surface area contributed by atoms with Crippen molar-refractivity contribution in [2.45, 2.75) is 39.2 Å². The minimum atomic E-state index is 0.0706. The average Bonchev–Trinajstić information content (AvgIpc) is 3.11. The Morgan fingerprint density at radius 2 is 2.20 bits per heavy atom. The van der Waals surface area contributed by atoms with Gasteiger partial charge in [0.15, 0.2) is 0 Å². The van der Waals surface area contributed by atoms with E-state index in [0.29, 0.717) is 29.8 Å². The van der Waals surface area contributed by atoms with Gasteiger partial charge in [-0.2, -0.15) is 0 Å². The predicted octanol–water partition coefficient (Wildman–Crippen LogP) is 1.41. The maximum Gasteiger partial charge on any atom is 0.221 e. The lowest BCUT2D eigenvalue weighted by molar-refractivity contribution is -0.120. The van der Waals surface area contributed by atoms with Crippen LogP contribution in [0.5, 0.6) is 0 Å². The number of hydrogen-bond donors (Lipinski definition) is 3. The lowest BCUT2D eigenvalue weighted by atomic mass is 10.1. The number of carbonyl (C=O) groups is 1. The zero-order valence-electron chi connectivity index (χ0n) is 11.8. The molecule has 0 unspecified atom stereocenters. The normalized spacial score (nSPS) is 13.9. The predicted molar refractivity (Wildman–Crippen MR) is 83.9 cm³/mol. The maximum atomic E-state index is 11.6. The number of anilines is 1. The number of nitrogens with two attached hydrogens (primary N) is 1. The molecule has 108 valence electrons. The molecule has 2 rings (SSSR count). The number of hydrogen-bond acceptors (Lipinski definition) is 4. The van der Waals surface area contributed by atoms with Gasteiger partial charge in [-0.3, -0.25) is 4.79 Å². The first-order valence-electron chi connectivity index (χ1n) is 6.78. The number of nitrogens with zero attached hydrogens (tertiary/aromatic N) is 1. The SMILES string of the molecule is Cc1cc(C)c(C(N)=S)c(NCCC(=O)NC2CC2)n1. The van der Waals surface area contributed by atoms with Crippen LogP contribution in [0.3, 0.4) is 0 Å². The van der Waals surface area contributed by atoms with Crippen LogP contribution in [0.25, 0.3) is 0 Å².